The second kappa shape index (κ2) is 8.24. The maximum absolute atomic E-state index is 13.5. The number of carboxylic acids is 1. The molecule has 0 bridgehead atoms. The molecule has 1 saturated heterocycles. The van der Waals surface area contributed by atoms with E-state index in [4.69, 9.17) is 4.74 Å². The van der Waals surface area contributed by atoms with Crippen molar-refractivity contribution in [3.8, 4) is 11.1 Å². The first-order valence-corrected chi connectivity index (χ1v) is 10.7. The smallest absolute Gasteiger partial charge is 0.406 e. The molecule has 0 spiro atoms. The number of fused-ring (bicyclic) bond motifs is 3. The molecule has 5 rings (SSSR count). The number of benzene rings is 1. The Labute approximate surface area is 190 Å². The number of pyridine rings is 2. The number of aromatic carboxylic acids is 1. The van der Waals surface area contributed by atoms with Crippen molar-refractivity contribution in [2.75, 3.05) is 6.61 Å². The number of hydrogen-bond acceptors (Lipinski definition) is 5. The number of ether oxygens (including phenoxy) is 1. The van der Waals surface area contributed by atoms with Crippen LogP contribution in [0.15, 0.2) is 47.5 Å². The molecule has 11 heteroatoms. The number of alkyl halides is 3. The highest BCUT2D eigenvalue weighted by Crippen LogP contribution is 2.33. The van der Waals surface area contributed by atoms with Gasteiger partial charge in [0.15, 0.2) is 11.9 Å². The van der Waals surface area contributed by atoms with Crippen LogP contribution >= 0.6 is 0 Å². The zero-order chi connectivity index (χ0) is 24.0. The molecular weight excluding hydrogens is 453 g/mol. The number of hydrogen-bond donors (Lipinski definition) is 1. The van der Waals surface area contributed by atoms with Gasteiger partial charge in [0.25, 0.3) is 5.56 Å². The number of carbonyl (C=O) groups is 1. The van der Waals surface area contributed by atoms with Gasteiger partial charge in [-0.2, -0.15) is 18.3 Å². The number of carboxylic acid groups (broad SMARTS) is 1. The summed E-state index contributed by atoms with van der Waals surface area (Å²) in [5.74, 6) is -1.27. The van der Waals surface area contributed by atoms with Gasteiger partial charge in [0.05, 0.1) is 22.6 Å². The summed E-state index contributed by atoms with van der Waals surface area (Å²) in [4.78, 5) is 28.7. The van der Waals surface area contributed by atoms with Crippen molar-refractivity contribution < 1.29 is 27.8 Å². The quantitative estimate of drug-likeness (QED) is 0.474. The van der Waals surface area contributed by atoms with Crippen LogP contribution in [0.5, 0.6) is 0 Å². The molecule has 4 heterocycles. The molecule has 4 aromatic rings. The van der Waals surface area contributed by atoms with Gasteiger partial charge in [-0.15, -0.1) is 0 Å². The van der Waals surface area contributed by atoms with E-state index in [2.05, 4.69) is 10.1 Å². The molecule has 34 heavy (non-hydrogen) atoms. The van der Waals surface area contributed by atoms with E-state index in [1.54, 1.807) is 16.8 Å². The molecule has 8 nitrogen and oxygen atoms in total. The lowest BCUT2D eigenvalue weighted by Gasteiger charge is -2.24. The van der Waals surface area contributed by atoms with E-state index < -0.39 is 30.5 Å². The van der Waals surface area contributed by atoms with Gasteiger partial charge in [-0.3, -0.25) is 9.36 Å². The van der Waals surface area contributed by atoms with Crippen molar-refractivity contribution in [1.82, 2.24) is 19.3 Å². The Morgan fingerprint density at radius 2 is 2.03 bits per heavy atom. The summed E-state index contributed by atoms with van der Waals surface area (Å²) < 4.78 is 48.4. The van der Waals surface area contributed by atoms with Crippen molar-refractivity contribution in [3.05, 3.63) is 58.8 Å². The molecule has 3 aromatic heterocycles. The molecule has 0 amide bonds. The highest BCUT2D eigenvalue weighted by Gasteiger charge is 2.31. The zero-order valence-electron chi connectivity index (χ0n) is 17.7. The summed E-state index contributed by atoms with van der Waals surface area (Å²) in [6.45, 7) is -0.968. The minimum Gasteiger partial charge on any atom is -0.476 e. The number of nitrogens with zero attached hydrogens (tertiary/aromatic N) is 4. The Morgan fingerprint density at radius 1 is 1.21 bits per heavy atom. The molecule has 176 valence electrons. The van der Waals surface area contributed by atoms with E-state index in [0.717, 1.165) is 12.8 Å². The van der Waals surface area contributed by atoms with Crippen LogP contribution < -0.4 is 5.56 Å². The highest BCUT2D eigenvalue weighted by atomic mass is 19.4. The van der Waals surface area contributed by atoms with Crippen LogP contribution in [0.3, 0.4) is 0 Å². The zero-order valence-corrected chi connectivity index (χ0v) is 17.7. The van der Waals surface area contributed by atoms with E-state index >= 15 is 0 Å². The normalized spacial score (nSPS) is 16.9. The van der Waals surface area contributed by atoms with Gasteiger partial charge >= 0.3 is 12.1 Å². The fourth-order valence-electron chi connectivity index (χ4n) is 4.44. The molecule has 1 aliphatic heterocycles. The average molecular weight is 472 g/mol. The van der Waals surface area contributed by atoms with E-state index in [-0.39, 0.29) is 22.2 Å². The molecule has 0 saturated carbocycles. The van der Waals surface area contributed by atoms with Crippen LogP contribution in [0.25, 0.3) is 32.9 Å². The minimum atomic E-state index is -4.65. The van der Waals surface area contributed by atoms with Crippen molar-refractivity contribution in [1.29, 1.82) is 0 Å². The second-order valence-electron chi connectivity index (χ2n) is 8.12. The molecule has 0 radical (unpaired) electrons. The maximum Gasteiger partial charge on any atom is 0.406 e. The molecule has 0 aliphatic carbocycles. The van der Waals surface area contributed by atoms with Crippen LogP contribution in [0, 0.1) is 0 Å². The molecular formula is C23H19F3N4O4. The third-order valence-corrected chi connectivity index (χ3v) is 5.90. The number of aromatic nitrogens is 4. The fourth-order valence-corrected chi connectivity index (χ4v) is 4.44. The molecule has 1 N–H and O–H groups in total. The lowest BCUT2D eigenvalue weighted by molar-refractivity contribution is -0.140. The van der Waals surface area contributed by atoms with E-state index in [9.17, 15) is 27.9 Å². The third kappa shape index (κ3) is 3.81. The standard InChI is InChI=1S/C23H19F3N4O4/c24-23(25,26)12-29-17-10-13(14-4-3-8-27-19(14)22(32)33)6-7-15(17)20-16(21(29)31)11-28-30(20)18-5-1-2-9-34-18/h3-4,6-8,10-11,18H,1-2,5,9,12H2,(H,32,33). The Hall–Kier alpha value is -3.73. The van der Waals surface area contributed by atoms with Crippen LogP contribution in [-0.2, 0) is 11.3 Å². The van der Waals surface area contributed by atoms with Gasteiger partial charge in [-0.05, 0) is 37.0 Å². The van der Waals surface area contributed by atoms with Crippen molar-refractivity contribution in [2.45, 2.75) is 38.2 Å². The molecule has 1 aliphatic rings. The van der Waals surface area contributed by atoms with Crippen molar-refractivity contribution in [3.63, 3.8) is 0 Å². The second-order valence-corrected chi connectivity index (χ2v) is 8.12. The van der Waals surface area contributed by atoms with Crippen molar-refractivity contribution in [2.24, 2.45) is 0 Å². The molecule has 1 aromatic carbocycles. The van der Waals surface area contributed by atoms with Crippen LogP contribution in [0.4, 0.5) is 13.2 Å². The summed E-state index contributed by atoms with van der Waals surface area (Å²) in [6, 6.07) is 7.63. The number of halogens is 3. The van der Waals surface area contributed by atoms with E-state index in [1.165, 1.54) is 30.6 Å². The largest absolute Gasteiger partial charge is 0.476 e. The predicted molar refractivity (Wildman–Crippen MR) is 117 cm³/mol. The molecule has 1 fully saturated rings. The van der Waals surface area contributed by atoms with Gasteiger partial charge < -0.3 is 9.84 Å². The third-order valence-electron chi connectivity index (χ3n) is 5.90. The van der Waals surface area contributed by atoms with Gasteiger partial charge in [-0.25, -0.2) is 14.5 Å². The summed E-state index contributed by atoms with van der Waals surface area (Å²) in [5.41, 5.74) is -0.108. The van der Waals surface area contributed by atoms with E-state index in [0.29, 0.717) is 34.1 Å². The monoisotopic (exact) mass is 472 g/mol. The first kappa shape index (κ1) is 22.1. The summed E-state index contributed by atoms with van der Waals surface area (Å²) in [7, 11) is 0. The average Bonchev–Trinajstić information content (AvgIpc) is 3.27. The first-order chi connectivity index (χ1) is 16.2. The van der Waals surface area contributed by atoms with Gasteiger partial charge in [-0.1, -0.05) is 18.2 Å². The topological polar surface area (TPSA) is 99.2 Å². The Balaban J connectivity index is 1.82. The van der Waals surface area contributed by atoms with Gasteiger partial charge in [0, 0.05) is 23.8 Å². The van der Waals surface area contributed by atoms with Crippen LogP contribution in [0.2, 0.25) is 0 Å². The van der Waals surface area contributed by atoms with Crippen LogP contribution in [-0.4, -0.2) is 43.2 Å². The Kier molecular flexibility index (Phi) is 5.35. The first-order valence-electron chi connectivity index (χ1n) is 10.7. The summed E-state index contributed by atoms with van der Waals surface area (Å²) >= 11 is 0. The van der Waals surface area contributed by atoms with Crippen molar-refractivity contribution >= 4 is 27.8 Å². The fraction of sp³-hybridized carbons (Fsp3) is 0.304. The van der Waals surface area contributed by atoms with E-state index in [1.807, 2.05) is 0 Å². The Bertz CT molecular complexity index is 1470. The molecule has 1 unspecified atom stereocenters. The lowest BCUT2D eigenvalue weighted by atomic mass is 10.0. The maximum atomic E-state index is 13.5. The van der Waals surface area contributed by atoms with Crippen LogP contribution in [0.1, 0.15) is 36.0 Å². The summed E-state index contributed by atoms with van der Waals surface area (Å²) in [5, 5.41) is 14.2. The molecule has 1 atom stereocenters. The Morgan fingerprint density at radius 3 is 2.74 bits per heavy atom. The summed E-state index contributed by atoms with van der Waals surface area (Å²) in [6.07, 6.45) is -0.0143. The SMILES string of the molecule is O=C(O)c1ncccc1-c1ccc2c3c(cnn3C3CCCCO3)c(=O)n(CC(F)(F)F)c2c1. The number of rotatable bonds is 4. The predicted octanol–water partition coefficient (Wildman–Crippen LogP) is 4.37. The highest BCUT2D eigenvalue weighted by molar-refractivity contribution is 6.05. The lowest BCUT2D eigenvalue weighted by Crippen LogP contribution is -2.29. The minimum absolute atomic E-state index is 0.0186. The van der Waals surface area contributed by atoms with Gasteiger partial charge in [0.2, 0.25) is 0 Å². The van der Waals surface area contributed by atoms with Gasteiger partial charge in [0.1, 0.15) is 6.54 Å².